The predicted molar refractivity (Wildman–Crippen MR) is 86.2 cm³/mol. The highest BCUT2D eigenvalue weighted by Gasteiger charge is 2.19. The molecule has 23 heavy (non-hydrogen) atoms. The number of nitrogens with zero attached hydrogens (tertiary/aromatic N) is 2. The molecule has 7 heteroatoms. The van der Waals surface area contributed by atoms with E-state index in [1.165, 1.54) is 6.20 Å². The van der Waals surface area contributed by atoms with E-state index in [1.807, 2.05) is 17.9 Å². The summed E-state index contributed by atoms with van der Waals surface area (Å²) < 4.78 is 5.20. The predicted octanol–water partition coefficient (Wildman–Crippen LogP) is 0.539. The maximum Gasteiger partial charge on any atom is 0.263 e. The van der Waals surface area contributed by atoms with Gasteiger partial charge < -0.3 is 20.3 Å². The van der Waals surface area contributed by atoms with Crippen LogP contribution >= 0.6 is 0 Å². The highest BCUT2D eigenvalue weighted by atomic mass is 16.5. The van der Waals surface area contributed by atoms with Crippen molar-refractivity contribution in [2.75, 3.05) is 39.4 Å². The van der Waals surface area contributed by atoms with Gasteiger partial charge >= 0.3 is 0 Å². The van der Waals surface area contributed by atoms with Crippen molar-refractivity contribution in [1.82, 2.24) is 15.5 Å². The average Bonchev–Trinajstić information content (AvgIpc) is 2.96. The van der Waals surface area contributed by atoms with Gasteiger partial charge in [0.15, 0.2) is 0 Å². The number of hydrogen-bond donors (Lipinski definition) is 2. The molecule has 1 aliphatic heterocycles. The minimum absolute atomic E-state index is 0.0543. The van der Waals surface area contributed by atoms with E-state index >= 15 is 0 Å². The van der Waals surface area contributed by atoms with Gasteiger partial charge in [-0.15, -0.1) is 0 Å². The second-order valence-corrected chi connectivity index (χ2v) is 5.27. The molecule has 0 saturated carbocycles. The van der Waals surface area contributed by atoms with Gasteiger partial charge in [-0.25, -0.2) is 0 Å². The second-order valence-electron chi connectivity index (χ2n) is 5.27. The molecule has 0 unspecified atom stereocenters. The van der Waals surface area contributed by atoms with Gasteiger partial charge in [0, 0.05) is 52.0 Å². The Labute approximate surface area is 137 Å². The van der Waals surface area contributed by atoms with Crippen molar-refractivity contribution in [3.63, 3.8) is 0 Å². The first-order chi connectivity index (χ1) is 11.2. The van der Waals surface area contributed by atoms with Crippen LogP contribution in [0.25, 0.3) is 0 Å². The summed E-state index contributed by atoms with van der Waals surface area (Å²) >= 11 is 0. The smallest absolute Gasteiger partial charge is 0.263 e. The number of nitriles is 1. The van der Waals surface area contributed by atoms with Gasteiger partial charge in [-0.3, -0.25) is 9.59 Å². The number of carbonyl (C=O) groups is 2. The highest BCUT2D eigenvalue weighted by Crippen LogP contribution is 2.09. The van der Waals surface area contributed by atoms with Crippen molar-refractivity contribution in [3.05, 3.63) is 11.8 Å². The zero-order chi connectivity index (χ0) is 16.9. The summed E-state index contributed by atoms with van der Waals surface area (Å²) in [6.07, 6.45) is 4.49. The van der Waals surface area contributed by atoms with Crippen LogP contribution in [0.4, 0.5) is 0 Å². The zero-order valence-electron chi connectivity index (χ0n) is 13.8. The fraction of sp³-hybridized carbons (Fsp3) is 0.688. The van der Waals surface area contributed by atoms with Crippen molar-refractivity contribution < 1.29 is 14.3 Å². The van der Waals surface area contributed by atoms with Crippen LogP contribution in [0, 0.1) is 11.3 Å². The number of hydrogen-bond acceptors (Lipinski definition) is 5. The van der Waals surface area contributed by atoms with Gasteiger partial charge in [0.05, 0.1) is 0 Å². The van der Waals surface area contributed by atoms with Crippen LogP contribution in [0.15, 0.2) is 11.8 Å². The molecule has 128 valence electrons. The maximum absolute atomic E-state index is 11.9. The molecular weight excluding hydrogens is 296 g/mol. The van der Waals surface area contributed by atoms with Gasteiger partial charge in [-0.2, -0.15) is 5.26 Å². The van der Waals surface area contributed by atoms with Crippen LogP contribution in [0.3, 0.4) is 0 Å². The van der Waals surface area contributed by atoms with E-state index < -0.39 is 5.91 Å². The van der Waals surface area contributed by atoms with Crippen LogP contribution in [-0.2, 0) is 14.3 Å². The lowest BCUT2D eigenvalue weighted by atomic mass is 10.3. The molecule has 2 N–H and O–H groups in total. The third-order valence-electron chi connectivity index (χ3n) is 3.49. The molecule has 0 atom stereocenters. The summed E-state index contributed by atoms with van der Waals surface area (Å²) in [5.41, 5.74) is 0.0543. The molecule has 0 bridgehead atoms. The molecule has 0 aliphatic carbocycles. The molecule has 7 nitrogen and oxygen atoms in total. The van der Waals surface area contributed by atoms with Crippen LogP contribution in [0.1, 0.15) is 32.6 Å². The monoisotopic (exact) mass is 322 g/mol. The summed E-state index contributed by atoms with van der Waals surface area (Å²) in [5, 5.41) is 14.6. The Morgan fingerprint density at radius 3 is 2.91 bits per heavy atom. The normalized spacial score (nSPS) is 14.7. The molecule has 1 saturated heterocycles. The van der Waals surface area contributed by atoms with Gasteiger partial charge in [0.1, 0.15) is 11.6 Å². The quantitative estimate of drug-likeness (QED) is 0.329. The van der Waals surface area contributed by atoms with Crippen molar-refractivity contribution in [3.8, 4) is 6.07 Å². The largest absolute Gasteiger partial charge is 0.390 e. The van der Waals surface area contributed by atoms with E-state index in [0.29, 0.717) is 45.7 Å². The number of amides is 2. The topological polar surface area (TPSA) is 94.5 Å². The number of ether oxygens (including phenoxy) is 1. The highest BCUT2D eigenvalue weighted by molar-refractivity contribution is 5.97. The van der Waals surface area contributed by atoms with Crippen LogP contribution in [-0.4, -0.2) is 56.1 Å². The van der Waals surface area contributed by atoms with Crippen LogP contribution in [0.5, 0.6) is 0 Å². The van der Waals surface area contributed by atoms with Gasteiger partial charge in [-0.1, -0.05) is 0 Å². The minimum atomic E-state index is -0.391. The minimum Gasteiger partial charge on any atom is -0.390 e. The molecular formula is C16H26N4O3. The molecule has 0 spiro atoms. The lowest BCUT2D eigenvalue weighted by molar-refractivity contribution is -0.127. The Kier molecular flexibility index (Phi) is 9.48. The van der Waals surface area contributed by atoms with Crippen molar-refractivity contribution in [2.45, 2.75) is 32.6 Å². The summed E-state index contributed by atoms with van der Waals surface area (Å²) in [5.74, 6) is -0.206. The maximum atomic E-state index is 11.9. The Morgan fingerprint density at radius 1 is 1.43 bits per heavy atom. The molecule has 0 radical (unpaired) electrons. The lowest BCUT2D eigenvalue weighted by Gasteiger charge is -2.15. The standard InChI is InChI=1S/C16H26N4O3/c1-2-23-11-5-7-18-13-14(12-17)16(22)19-8-4-10-20-9-3-6-15(20)21/h13,18H,2-11H2,1H3,(H,19,22)/b14-13-. The van der Waals surface area contributed by atoms with Crippen LogP contribution in [0.2, 0.25) is 0 Å². The van der Waals surface area contributed by atoms with E-state index in [1.54, 1.807) is 0 Å². The third kappa shape index (κ3) is 7.66. The first-order valence-corrected chi connectivity index (χ1v) is 8.16. The molecule has 0 aromatic carbocycles. The number of nitrogens with one attached hydrogen (secondary N) is 2. The Morgan fingerprint density at radius 2 is 2.26 bits per heavy atom. The Bertz CT molecular complexity index is 457. The van der Waals surface area contributed by atoms with E-state index in [0.717, 1.165) is 19.4 Å². The fourth-order valence-electron chi connectivity index (χ4n) is 2.25. The molecule has 1 fully saturated rings. The first kappa shape index (κ1) is 19.0. The molecule has 0 aromatic rings. The van der Waals surface area contributed by atoms with Crippen molar-refractivity contribution in [2.24, 2.45) is 0 Å². The van der Waals surface area contributed by atoms with E-state index in [4.69, 9.17) is 10.00 Å². The molecule has 1 aliphatic rings. The van der Waals surface area contributed by atoms with Crippen molar-refractivity contribution in [1.29, 1.82) is 5.26 Å². The number of rotatable bonds is 11. The fourth-order valence-corrected chi connectivity index (χ4v) is 2.25. The van der Waals surface area contributed by atoms with Gasteiger partial charge in [0.25, 0.3) is 5.91 Å². The van der Waals surface area contributed by atoms with E-state index in [9.17, 15) is 9.59 Å². The first-order valence-electron chi connectivity index (χ1n) is 8.16. The summed E-state index contributed by atoms with van der Waals surface area (Å²) in [4.78, 5) is 25.1. The van der Waals surface area contributed by atoms with Gasteiger partial charge in [-0.05, 0) is 26.2 Å². The Balaban J connectivity index is 2.17. The number of likely N-dealkylation sites (tertiary alicyclic amines) is 1. The third-order valence-corrected chi connectivity index (χ3v) is 3.49. The van der Waals surface area contributed by atoms with Gasteiger partial charge in [0.2, 0.25) is 5.91 Å². The molecule has 2 amide bonds. The second kappa shape index (κ2) is 11.5. The summed E-state index contributed by atoms with van der Waals surface area (Å²) in [6, 6.07) is 1.88. The SMILES string of the molecule is CCOCCCN/C=C(/C#N)C(=O)NCCCN1CCCC1=O. The summed E-state index contributed by atoms with van der Waals surface area (Å²) in [6.45, 7) is 5.83. The Hall–Kier alpha value is -2.07. The zero-order valence-corrected chi connectivity index (χ0v) is 13.8. The lowest BCUT2D eigenvalue weighted by Crippen LogP contribution is -2.31. The average molecular weight is 322 g/mol. The number of carbonyl (C=O) groups excluding carboxylic acids is 2. The molecule has 1 heterocycles. The van der Waals surface area contributed by atoms with Crippen molar-refractivity contribution >= 4 is 11.8 Å². The van der Waals surface area contributed by atoms with E-state index in [2.05, 4.69) is 10.6 Å². The van der Waals surface area contributed by atoms with E-state index in [-0.39, 0.29) is 11.5 Å². The molecule has 1 rings (SSSR count). The molecule has 0 aromatic heterocycles. The van der Waals surface area contributed by atoms with Crippen LogP contribution < -0.4 is 10.6 Å². The summed E-state index contributed by atoms with van der Waals surface area (Å²) in [7, 11) is 0.